The molecule has 0 radical (unpaired) electrons. The average molecular weight is 435 g/mol. The number of nitrogens with zero attached hydrogens (tertiary/aromatic N) is 3. The summed E-state index contributed by atoms with van der Waals surface area (Å²) in [6, 6.07) is 10.9. The second-order valence-electron chi connectivity index (χ2n) is 8.93. The van der Waals surface area contributed by atoms with E-state index in [0.29, 0.717) is 29.2 Å². The molecule has 2 N–H and O–H groups in total. The fourth-order valence-electron chi connectivity index (χ4n) is 3.87. The van der Waals surface area contributed by atoms with Crippen LogP contribution in [0.5, 0.6) is 11.5 Å². The topological polar surface area (TPSA) is 82.6 Å². The van der Waals surface area contributed by atoms with Gasteiger partial charge < -0.3 is 15.2 Å². The van der Waals surface area contributed by atoms with Crippen LogP contribution < -0.4 is 10.5 Å². The van der Waals surface area contributed by atoms with E-state index < -0.39 is 11.5 Å². The molecule has 0 saturated carbocycles. The summed E-state index contributed by atoms with van der Waals surface area (Å²) >= 11 is 0. The second kappa shape index (κ2) is 7.89. The number of pyridine rings is 2. The van der Waals surface area contributed by atoms with Crippen LogP contribution in [-0.4, -0.2) is 22.6 Å². The standard InChI is InChI=1S/C25H27FN4O2/c1-6-31-23(27)30-25(5)17-12-15(16-8-7-11-28-22(16)26)9-10-19(17)32-20-14-29-21(13-18(20)25)24(2,3)4/h7-14H,6H2,1-5H3,(H2,27,30)/t25-/m0/s1. The molecule has 0 unspecified atom stereocenters. The first-order chi connectivity index (χ1) is 15.1. The van der Waals surface area contributed by atoms with E-state index >= 15 is 0 Å². The Balaban J connectivity index is 1.96. The van der Waals surface area contributed by atoms with Crippen LogP contribution >= 0.6 is 0 Å². The van der Waals surface area contributed by atoms with Gasteiger partial charge in [-0.1, -0.05) is 26.8 Å². The highest BCUT2D eigenvalue weighted by Crippen LogP contribution is 2.50. The molecule has 0 amide bonds. The number of benzene rings is 1. The van der Waals surface area contributed by atoms with Gasteiger partial charge in [0.15, 0.2) is 5.75 Å². The molecule has 0 saturated heterocycles. The van der Waals surface area contributed by atoms with Crippen LogP contribution in [0.25, 0.3) is 11.1 Å². The van der Waals surface area contributed by atoms with Crippen molar-refractivity contribution in [1.29, 1.82) is 0 Å². The zero-order valence-corrected chi connectivity index (χ0v) is 18.9. The van der Waals surface area contributed by atoms with Crippen molar-refractivity contribution >= 4 is 6.02 Å². The summed E-state index contributed by atoms with van der Waals surface area (Å²) in [4.78, 5) is 13.2. The molecular weight excluding hydrogens is 407 g/mol. The molecule has 1 aliphatic heterocycles. The molecule has 0 bridgehead atoms. The van der Waals surface area contributed by atoms with Gasteiger partial charge in [0.05, 0.1) is 12.8 Å². The van der Waals surface area contributed by atoms with Gasteiger partial charge >= 0.3 is 0 Å². The molecule has 0 aliphatic carbocycles. The monoisotopic (exact) mass is 434 g/mol. The molecule has 2 aromatic heterocycles. The largest absolute Gasteiger partial charge is 0.466 e. The number of rotatable bonds is 3. The predicted molar refractivity (Wildman–Crippen MR) is 122 cm³/mol. The minimum absolute atomic E-state index is 0.0703. The van der Waals surface area contributed by atoms with Crippen LogP contribution in [0.3, 0.4) is 0 Å². The molecule has 4 rings (SSSR count). The van der Waals surface area contributed by atoms with Crippen molar-refractivity contribution in [2.24, 2.45) is 10.7 Å². The van der Waals surface area contributed by atoms with Crippen LogP contribution in [-0.2, 0) is 15.7 Å². The van der Waals surface area contributed by atoms with Gasteiger partial charge in [-0.15, -0.1) is 0 Å². The molecule has 3 heterocycles. The van der Waals surface area contributed by atoms with Gasteiger partial charge in [0, 0.05) is 34.0 Å². The minimum atomic E-state index is -0.931. The average Bonchev–Trinajstić information content (AvgIpc) is 2.73. The molecule has 1 atom stereocenters. The maximum Gasteiger partial charge on any atom is 0.283 e. The maximum atomic E-state index is 14.4. The lowest BCUT2D eigenvalue weighted by molar-refractivity contribution is 0.312. The number of halogens is 1. The van der Waals surface area contributed by atoms with Crippen molar-refractivity contribution < 1.29 is 13.9 Å². The number of fused-ring (bicyclic) bond motifs is 2. The summed E-state index contributed by atoms with van der Waals surface area (Å²) in [5.41, 5.74) is 8.54. The zero-order chi connectivity index (χ0) is 23.1. The summed E-state index contributed by atoms with van der Waals surface area (Å²) in [6.45, 7) is 10.5. The van der Waals surface area contributed by atoms with Gasteiger partial charge in [-0.05, 0) is 49.7 Å². The number of ether oxygens (including phenoxy) is 2. The van der Waals surface area contributed by atoms with E-state index in [1.807, 2.05) is 32.0 Å². The number of hydrogen-bond acceptors (Lipinski definition) is 5. The first kappa shape index (κ1) is 21.7. The van der Waals surface area contributed by atoms with Crippen molar-refractivity contribution in [3.63, 3.8) is 0 Å². The molecule has 3 aromatic rings. The summed E-state index contributed by atoms with van der Waals surface area (Å²) in [5, 5.41) is 0. The first-order valence-electron chi connectivity index (χ1n) is 10.6. The molecule has 32 heavy (non-hydrogen) atoms. The molecule has 166 valence electrons. The van der Waals surface area contributed by atoms with E-state index in [1.165, 1.54) is 6.20 Å². The lowest BCUT2D eigenvalue weighted by Gasteiger charge is -2.35. The molecule has 0 spiro atoms. The quantitative estimate of drug-likeness (QED) is 0.344. The molecule has 6 nitrogen and oxygen atoms in total. The third-order valence-electron chi connectivity index (χ3n) is 5.58. The van der Waals surface area contributed by atoms with Gasteiger partial charge in [0.1, 0.15) is 11.3 Å². The van der Waals surface area contributed by atoms with Crippen molar-refractivity contribution in [1.82, 2.24) is 9.97 Å². The van der Waals surface area contributed by atoms with E-state index in [1.54, 1.807) is 24.4 Å². The van der Waals surface area contributed by atoms with Crippen LogP contribution in [0.2, 0.25) is 0 Å². The number of amidine groups is 1. The van der Waals surface area contributed by atoms with E-state index in [9.17, 15) is 4.39 Å². The highest BCUT2D eigenvalue weighted by molar-refractivity contribution is 5.75. The Morgan fingerprint density at radius 3 is 2.59 bits per heavy atom. The lowest BCUT2D eigenvalue weighted by atomic mass is 9.79. The second-order valence-corrected chi connectivity index (χ2v) is 8.93. The lowest BCUT2D eigenvalue weighted by Crippen LogP contribution is -2.31. The maximum absolute atomic E-state index is 14.4. The molecule has 0 fully saturated rings. The Morgan fingerprint density at radius 1 is 1.16 bits per heavy atom. The SMILES string of the molecule is CCO/C(N)=N\[C@@]1(C)c2cc(-c3cccnc3F)ccc2Oc2cnc(C(C)(C)C)cc21. The van der Waals surface area contributed by atoms with Crippen LogP contribution in [0.1, 0.15) is 51.4 Å². The Morgan fingerprint density at radius 2 is 1.91 bits per heavy atom. The normalized spacial score (nSPS) is 17.9. The Labute approximate surface area is 187 Å². The Kier molecular flexibility index (Phi) is 5.36. The van der Waals surface area contributed by atoms with Gasteiger partial charge in [0.2, 0.25) is 5.95 Å². The smallest absolute Gasteiger partial charge is 0.283 e. The number of hydrogen-bond donors (Lipinski definition) is 1. The molecule has 1 aromatic carbocycles. The molecule has 7 heteroatoms. The van der Waals surface area contributed by atoms with Crippen molar-refractivity contribution in [3.05, 3.63) is 71.6 Å². The van der Waals surface area contributed by atoms with E-state index in [4.69, 9.17) is 20.2 Å². The summed E-state index contributed by atoms with van der Waals surface area (Å²) in [5.74, 6) is 0.663. The van der Waals surface area contributed by atoms with E-state index in [-0.39, 0.29) is 11.4 Å². The highest BCUT2D eigenvalue weighted by atomic mass is 19.1. The molecular formula is C25H27FN4O2. The van der Waals surface area contributed by atoms with Crippen LogP contribution in [0.4, 0.5) is 4.39 Å². The van der Waals surface area contributed by atoms with Crippen molar-refractivity contribution in [2.45, 2.75) is 45.6 Å². The summed E-state index contributed by atoms with van der Waals surface area (Å²) in [7, 11) is 0. The number of aliphatic imine (C=N–C) groups is 1. The molecule has 1 aliphatic rings. The number of nitrogens with two attached hydrogens (primary N) is 1. The van der Waals surface area contributed by atoms with Crippen LogP contribution in [0.15, 0.2) is 53.8 Å². The van der Waals surface area contributed by atoms with Gasteiger partial charge in [0.25, 0.3) is 6.02 Å². The van der Waals surface area contributed by atoms with E-state index in [0.717, 1.165) is 16.8 Å². The predicted octanol–water partition coefficient (Wildman–Crippen LogP) is 5.30. The zero-order valence-electron chi connectivity index (χ0n) is 18.9. The van der Waals surface area contributed by atoms with Gasteiger partial charge in [-0.25, -0.2) is 9.98 Å². The number of aromatic nitrogens is 2. The van der Waals surface area contributed by atoms with Crippen LogP contribution in [0, 0.1) is 5.95 Å². The first-order valence-corrected chi connectivity index (χ1v) is 10.6. The Hall–Kier alpha value is -3.48. The third-order valence-corrected chi connectivity index (χ3v) is 5.58. The third kappa shape index (κ3) is 3.79. The fraction of sp³-hybridized carbons (Fsp3) is 0.320. The van der Waals surface area contributed by atoms with Gasteiger partial charge in [-0.2, -0.15) is 4.39 Å². The van der Waals surface area contributed by atoms with Gasteiger partial charge in [-0.3, -0.25) is 4.98 Å². The summed E-state index contributed by atoms with van der Waals surface area (Å²) in [6.07, 6.45) is 3.15. The highest BCUT2D eigenvalue weighted by Gasteiger charge is 2.40. The van der Waals surface area contributed by atoms with Crippen molar-refractivity contribution in [2.75, 3.05) is 6.61 Å². The summed E-state index contributed by atoms with van der Waals surface area (Å²) < 4.78 is 26.1. The van der Waals surface area contributed by atoms with Crippen molar-refractivity contribution in [3.8, 4) is 22.6 Å². The Bertz CT molecular complexity index is 1200. The van der Waals surface area contributed by atoms with E-state index in [2.05, 4.69) is 30.7 Å². The fourth-order valence-corrected chi connectivity index (χ4v) is 3.87. The minimum Gasteiger partial charge on any atom is -0.466 e.